The van der Waals surface area contributed by atoms with Gasteiger partial charge in [0.1, 0.15) is 0 Å². The van der Waals surface area contributed by atoms with E-state index in [2.05, 4.69) is 11.8 Å². The summed E-state index contributed by atoms with van der Waals surface area (Å²) in [5.74, 6) is -1.10. The first-order valence-corrected chi connectivity index (χ1v) is 3.19. The molecular formula is C7H7FN2O3. The first kappa shape index (κ1) is 11.2. The highest BCUT2D eigenvalue weighted by molar-refractivity contribution is 5.26. The molecule has 0 aromatic rings. The van der Waals surface area contributed by atoms with Crippen LogP contribution in [0, 0.1) is 15.0 Å². The summed E-state index contributed by atoms with van der Waals surface area (Å²) in [6.07, 6.45) is 1.65. The van der Waals surface area contributed by atoms with E-state index in [0.717, 1.165) is 12.3 Å². The molecule has 0 amide bonds. The van der Waals surface area contributed by atoms with E-state index in [1.807, 2.05) is 0 Å². The predicted octanol–water partition coefficient (Wildman–Crippen LogP) is 2.30. The maximum Gasteiger partial charge on any atom is 0.297 e. The van der Waals surface area contributed by atoms with Gasteiger partial charge in [0.15, 0.2) is 5.83 Å². The van der Waals surface area contributed by atoms with Crippen molar-refractivity contribution in [1.82, 2.24) is 0 Å². The van der Waals surface area contributed by atoms with E-state index >= 15 is 0 Å². The van der Waals surface area contributed by atoms with Gasteiger partial charge in [-0.2, -0.15) is 4.39 Å². The molecule has 0 spiro atoms. The highest BCUT2D eigenvalue weighted by Gasteiger charge is 2.12. The number of allylic oxidation sites excluding steroid dienone is 3. The Morgan fingerprint density at radius 2 is 2.23 bits per heavy atom. The minimum absolute atomic E-state index is 0.176. The Morgan fingerprint density at radius 1 is 1.69 bits per heavy atom. The van der Waals surface area contributed by atoms with Gasteiger partial charge in [0.2, 0.25) is 0 Å². The summed E-state index contributed by atoms with van der Waals surface area (Å²) in [6, 6.07) is 0. The van der Waals surface area contributed by atoms with Gasteiger partial charge < -0.3 is 0 Å². The number of rotatable bonds is 4. The van der Waals surface area contributed by atoms with Crippen molar-refractivity contribution in [3.63, 3.8) is 0 Å². The second-order valence-electron chi connectivity index (χ2n) is 2.17. The van der Waals surface area contributed by atoms with Crippen LogP contribution in [0.5, 0.6) is 0 Å². The summed E-state index contributed by atoms with van der Waals surface area (Å²) < 4.78 is 12.8. The molecule has 0 atom stereocenters. The van der Waals surface area contributed by atoms with Crippen LogP contribution in [-0.2, 0) is 0 Å². The molecule has 0 heterocycles. The lowest BCUT2D eigenvalue weighted by Crippen LogP contribution is -1.97. The second-order valence-corrected chi connectivity index (χ2v) is 2.17. The lowest BCUT2D eigenvalue weighted by Gasteiger charge is -1.92. The monoisotopic (exact) mass is 186 g/mol. The van der Waals surface area contributed by atoms with Crippen molar-refractivity contribution in [2.24, 2.45) is 5.18 Å². The predicted molar refractivity (Wildman–Crippen MR) is 44.9 cm³/mol. The van der Waals surface area contributed by atoms with Gasteiger partial charge in [-0.05, 0) is 30.3 Å². The van der Waals surface area contributed by atoms with E-state index in [9.17, 15) is 19.4 Å². The average molecular weight is 186 g/mol. The summed E-state index contributed by atoms with van der Waals surface area (Å²) in [7, 11) is 0. The zero-order valence-electron chi connectivity index (χ0n) is 6.86. The zero-order valence-corrected chi connectivity index (χ0v) is 6.86. The lowest BCUT2D eigenvalue weighted by molar-refractivity contribution is -0.422. The SMILES string of the molecule is C=C(/C(F)=C\C(C)=C\N=O)[N+](=O)[O-]. The molecule has 13 heavy (non-hydrogen) atoms. The fourth-order valence-electron chi connectivity index (χ4n) is 0.491. The van der Waals surface area contributed by atoms with Gasteiger partial charge in [-0.25, -0.2) is 0 Å². The first-order chi connectivity index (χ1) is 5.99. The van der Waals surface area contributed by atoms with Crippen molar-refractivity contribution in [1.29, 1.82) is 0 Å². The molecule has 0 aromatic heterocycles. The fraction of sp³-hybridized carbons (Fsp3) is 0.143. The van der Waals surface area contributed by atoms with Gasteiger partial charge in [-0.15, -0.1) is 4.91 Å². The third-order valence-electron chi connectivity index (χ3n) is 1.11. The molecule has 0 aliphatic carbocycles. The molecular weight excluding hydrogens is 179 g/mol. The van der Waals surface area contributed by atoms with E-state index in [4.69, 9.17) is 0 Å². The highest BCUT2D eigenvalue weighted by atomic mass is 19.1. The van der Waals surface area contributed by atoms with Crippen LogP contribution in [0.4, 0.5) is 4.39 Å². The molecule has 0 saturated heterocycles. The molecule has 6 heteroatoms. The molecule has 0 aromatic carbocycles. The van der Waals surface area contributed by atoms with Crippen LogP contribution in [0.3, 0.4) is 0 Å². The van der Waals surface area contributed by atoms with Gasteiger partial charge in [0, 0.05) is 0 Å². The maximum absolute atomic E-state index is 12.8. The third-order valence-corrected chi connectivity index (χ3v) is 1.11. The van der Waals surface area contributed by atoms with Crippen molar-refractivity contribution >= 4 is 0 Å². The number of nitro groups is 1. The number of nitroso groups, excluding NO2 is 1. The highest BCUT2D eigenvalue weighted by Crippen LogP contribution is 2.12. The summed E-state index contributed by atoms with van der Waals surface area (Å²) in [4.78, 5) is 18.7. The number of hydrogen-bond acceptors (Lipinski definition) is 4. The minimum atomic E-state index is -1.10. The lowest BCUT2D eigenvalue weighted by atomic mass is 10.2. The van der Waals surface area contributed by atoms with Crippen molar-refractivity contribution in [3.8, 4) is 0 Å². The Labute approximate surface area is 73.4 Å². The van der Waals surface area contributed by atoms with Crippen LogP contribution >= 0.6 is 0 Å². The molecule has 0 fully saturated rings. The van der Waals surface area contributed by atoms with Crippen LogP contribution in [0.15, 0.2) is 41.1 Å². The van der Waals surface area contributed by atoms with Gasteiger partial charge in [-0.1, -0.05) is 0 Å². The molecule has 0 bridgehead atoms. The topological polar surface area (TPSA) is 72.6 Å². The Bertz CT molecular complexity index is 307. The summed E-state index contributed by atoms with van der Waals surface area (Å²) in [5.41, 5.74) is -0.672. The first-order valence-electron chi connectivity index (χ1n) is 3.19. The van der Waals surface area contributed by atoms with Gasteiger partial charge in [0.25, 0.3) is 5.70 Å². The van der Waals surface area contributed by atoms with E-state index in [-0.39, 0.29) is 5.57 Å². The third kappa shape index (κ3) is 3.90. The number of nitrogens with zero attached hydrogens (tertiary/aromatic N) is 2. The normalized spacial score (nSPS) is 12.5. The Hall–Kier alpha value is -1.85. The van der Waals surface area contributed by atoms with E-state index in [1.54, 1.807) is 0 Å². The van der Waals surface area contributed by atoms with Crippen molar-refractivity contribution in [3.05, 3.63) is 51.0 Å². The molecule has 0 aliphatic heterocycles. The molecule has 0 aliphatic rings. The van der Waals surface area contributed by atoms with E-state index in [0.29, 0.717) is 0 Å². The number of halogens is 1. The van der Waals surface area contributed by atoms with E-state index < -0.39 is 16.4 Å². The molecule has 5 nitrogen and oxygen atoms in total. The summed E-state index contributed by atoms with van der Waals surface area (Å²) in [5, 5.41) is 12.4. The minimum Gasteiger partial charge on any atom is -0.258 e. The van der Waals surface area contributed by atoms with Crippen LogP contribution in [0.1, 0.15) is 6.92 Å². The molecule has 70 valence electrons. The molecule has 0 N–H and O–H groups in total. The zero-order chi connectivity index (χ0) is 10.4. The summed E-state index contributed by atoms with van der Waals surface area (Å²) >= 11 is 0. The van der Waals surface area contributed by atoms with Crippen molar-refractivity contribution < 1.29 is 9.31 Å². The Kier molecular flexibility index (Phi) is 4.21. The molecule has 0 radical (unpaired) electrons. The van der Waals surface area contributed by atoms with Crippen LogP contribution < -0.4 is 0 Å². The molecule has 0 saturated carbocycles. The van der Waals surface area contributed by atoms with E-state index in [1.165, 1.54) is 6.92 Å². The van der Waals surface area contributed by atoms with Crippen LogP contribution in [-0.4, -0.2) is 4.92 Å². The second kappa shape index (κ2) is 4.91. The largest absolute Gasteiger partial charge is 0.297 e. The molecule has 0 unspecified atom stereocenters. The van der Waals surface area contributed by atoms with Crippen molar-refractivity contribution in [2.45, 2.75) is 6.92 Å². The Balaban J connectivity index is 4.68. The fourth-order valence-corrected chi connectivity index (χ4v) is 0.491. The smallest absolute Gasteiger partial charge is 0.258 e. The Morgan fingerprint density at radius 3 is 2.62 bits per heavy atom. The van der Waals surface area contributed by atoms with Gasteiger partial charge in [0.05, 0.1) is 11.1 Å². The molecule has 0 rings (SSSR count). The standard InChI is InChI=1S/C7H7FN2O3/c1-5(4-9-11)3-7(8)6(2)10(12)13/h3-4H,2H2,1H3/b5-4+,7-3+. The van der Waals surface area contributed by atoms with Gasteiger partial charge in [-0.3, -0.25) is 10.1 Å². The van der Waals surface area contributed by atoms with Crippen molar-refractivity contribution in [2.75, 3.05) is 0 Å². The maximum atomic E-state index is 12.8. The van der Waals surface area contributed by atoms with Crippen LogP contribution in [0.2, 0.25) is 0 Å². The van der Waals surface area contributed by atoms with Crippen LogP contribution in [0.25, 0.3) is 0 Å². The quantitative estimate of drug-likeness (QED) is 0.292. The van der Waals surface area contributed by atoms with Gasteiger partial charge >= 0.3 is 0 Å². The number of hydrogen-bond donors (Lipinski definition) is 0. The average Bonchev–Trinajstić information content (AvgIpc) is 2.03. The summed E-state index contributed by atoms with van der Waals surface area (Å²) in [6.45, 7) is 4.27.